The van der Waals surface area contributed by atoms with E-state index < -0.39 is 0 Å². The Labute approximate surface area is 108 Å². The van der Waals surface area contributed by atoms with Gasteiger partial charge in [-0.15, -0.1) is 6.42 Å². The molecule has 0 radical (unpaired) electrons. The molecule has 2 rings (SSSR count). The van der Waals surface area contributed by atoms with Crippen LogP contribution < -0.4 is 21.5 Å². The van der Waals surface area contributed by atoms with Crippen molar-refractivity contribution in [1.82, 2.24) is 0 Å². The summed E-state index contributed by atoms with van der Waals surface area (Å²) in [4.78, 5) is 0. The maximum absolute atomic E-state index is 5.94. The zero-order valence-corrected chi connectivity index (χ0v) is 11.3. The van der Waals surface area contributed by atoms with Crippen LogP contribution in [-0.2, 0) is 6.54 Å². The van der Waals surface area contributed by atoms with E-state index in [0.717, 1.165) is 10.5 Å². The van der Waals surface area contributed by atoms with Crippen LogP contribution in [0.25, 0.3) is 10.2 Å². The number of nitrogens with zero attached hydrogens (tertiary/aromatic N) is 1. The Kier molecular flexibility index (Phi) is 4.15. The van der Waals surface area contributed by atoms with Gasteiger partial charge in [0.1, 0.15) is 4.70 Å². The fourth-order valence-corrected chi connectivity index (χ4v) is 2.63. The van der Waals surface area contributed by atoms with E-state index in [4.69, 9.17) is 18.0 Å². The van der Waals surface area contributed by atoms with E-state index in [0.29, 0.717) is 6.54 Å². The van der Waals surface area contributed by atoms with Crippen molar-refractivity contribution in [2.24, 2.45) is 0 Å². The average Bonchev–Trinajstić information content (AvgIpc) is 2.45. The molecule has 1 aromatic heterocycles. The normalized spacial score (nSPS) is 9.67. The average molecular weight is 303 g/mol. The molecule has 0 amide bonds. The van der Waals surface area contributed by atoms with Gasteiger partial charge in [-0.25, -0.2) is 0 Å². The Hall–Kier alpha value is -0.560. The van der Waals surface area contributed by atoms with Gasteiger partial charge in [0.15, 0.2) is 0 Å². The molecule has 0 N–H and O–H groups in total. The van der Waals surface area contributed by atoms with Crippen LogP contribution in [0.4, 0.5) is 0 Å². The number of terminal acetylenes is 1. The highest BCUT2D eigenvalue weighted by Gasteiger charge is 2.15. The van der Waals surface area contributed by atoms with Crippen molar-refractivity contribution in [3.05, 3.63) is 28.2 Å². The van der Waals surface area contributed by atoms with Gasteiger partial charge in [0.2, 0.25) is 17.1 Å². The van der Waals surface area contributed by atoms with Crippen molar-refractivity contribution in [2.75, 3.05) is 0 Å². The van der Waals surface area contributed by atoms with Gasteiger partial charge >= 0.3 is 0 Å². The summed E-state index contributed by atoms with van der Waals surface area (Å²) in [6.07, 6.45) is 5.32. The molecule has 15 heavy (non-hydrogen) atoms. The van der Waals surface area contributed by atoms with Gasteiger partial charge in [-0.1, -0.05) is 22.9 Å². The Morgan fingerprint density at radius 2 is 2.27 bits per heavy atom. The molecule has 1 heterocycles. The molecule has 4 heteroatoms. The van der Waals surface area contributed by atoms with Crippen LogP contribution in [-0.4, -0.2) is 0 Å². The largest absolute Gasteiger partial charge is 1.00 e. The third kappa shape index (κ3) is 2.34. The van der Waals surface area contributed by atoms with E-state index in [1.807, 2.05) is 18.2 Å². The predicted octanol–water partition coefficient (Wildman–Crippen LogP) is -0.212. The van der Waals surface area contributed by atoms with Crippen molar-refractivity contribution in [3.8, 4) is 12.3 Å². The zero-order valence-electron chi connectivity index (χ0n) is 8.13. The summed E-state index contributed by atoms with van der Waals surface area (Å²) >= 11 is 7.68. The van der Waals surface area contributed by atoms with Gasteiger partial charge in [-0.05, 0) is 18.1 Å². The van der Waals surface area contributed by atoms with Crippen molar-refractivity contribution >= 4 is 33.2 Å². The van der Waals surface area contributed by atoms with E-state index in [2.05, 4.69) is 17.4 Å². The minimum Gasteiger partial charge on any atom is -1.00 e. The molecule has 0 saturated carbocycles. The van der Waals surface area contributed by atoms with Crippen molar-refractivity contribution in [1.29, 1.82) is 0 Å². The van der Waals surface area contributed by atoms with Gasteiger partial charge in [-0.2, -0.15) is 4.57 Å². The number of hydrogen-bond acceptors (Lipinski definition) is 1. The Morgan fingerprint density at radius 1 is 1.53 bits per heavy atom. The third-order valence-electron chi connectivity index (χ3n) is 2.10. The quantitative estimate of drug-likeness (QED) is 0.507. The van der Waals surface area contributed by atoms with Gasteiger partial charge in [0.25, 0.3) is 0 Å². The summed E-state index contributed by atoms with van der Waals surface area (Å²) in [5.74, 6) is 2.65. The highest BCUT2D eigenvalue weighted by atomic mass is 79.9. The van der Waals surface area contributed by atoms with Crippen molar-refractivity contribution in [3.63, 3.8) is 0 Å². The first-order valence-electron chi connectivity index (χ1n) is 4.24. The van der Waals surface area contributed by atoms with Gasteiger partial charge < -0.3 is 17.0 Å². The second-order valence-electron chi connectivity index (χ2n) is 3.02. The van der Waals surface area contributed by atoms with E-state index in [1.54, 1.807) is 11.3 Å². The fourth-order valence-electron chi connectivity index (χ4n) is 1.46. The van der Waals surface area contributed by atoms with Crippen LogP contribution in [0.5, 0.6) is 0 Å². The first kappa shape index (κ1) is 12.5. The molecule has 78 valence electrons. The number of thiazole rings is 1. The van der Waals surface area contributed by atoms with E-state index in [1.165, 1.54) is 9.71 Å². The molecule has 0 fully saturated rings. The van der Waals surface area contributed by atoms with Crippen molar-refractivity contribution in [2.45, 2.75) is 13.5 Å². The second-order valence-corrected chi connectivity index (χ2v) is 4.69. The minimum absolute atomic E-state index is 0. The van der Waals surface area contributed by atoms with Crippen LogP contribution in [0, 0.1) is 19.3 Å². The Balaban J connectivity index is 0.00000112. The molecular formula is C11H9BrClNS. The molecule has 1 aromatic carbocycles. The van der Waals surface area contributed by atoms with Crippen LogP contribution in [0.1, 0.15) is 5.01 Å². The molecule has 0 saturated heterocycles. The highest BCUT2D eigenvalue weighted by molar-refractivity contribution is 7.18. The molecule has 1 nitrogen and oxygen atoms in total. The lowest BCUT2D eigenvalue weighted by atomic mass is 10.3. The lowest BCUT2D eigenvalue weighted by Gasteiger charge is -1.90. The summed E-state index contributed by atoms with van der Waals surface area (Å²) in [5.41, 5.74) is 1.12. The minimum atomic E-state index is 0. The molecular weight excluding hydrogens is 294 g/mol. The van der Waals surface area contributed by atoms with Crippen LogP contribution in [0.3, 0.4) is 0 Å². The molecule has 0 unspecified atom stereocenters. The van der Waals surface area contributed by atoms with Gasteiger partial charge in [-0.3, -0.25) is 0 Å². The maximum atomic E-state index is 5.94. The number of rotatable bonds is 1. The summed E-state index contributed by atoms with van der Waals surface area (Å²) in [6.45, 7) is 2.67. The van der Waals surface area contributed by atoms with Crippen LogP contribution in [0.2, 0.25) is 5.02 Å². The summed E-state index contributed by atoms with van der Waals surface area (Å²) in [5, 5.41) is 1.96. The van der Waals surface area contributed by atoms with Gasteiger partial charge in [0.05, 0.1) is 0 Å². The third-order valence-corrected chi connectivity index (χ3v) is 3.41. The monoisotopic (exact) mass is 301 g/mol. The first-order valence-corrected chi connectivity index (χ1v) is 5.44. The number of hydrogen-bond donors (Lipinski definition) is 0. The van der Waals surface area contributed by atoms with E-state index in [-0.39, 0.29) is 17.0 Å². The molecule has 0 aliphatic rings. The predicted molar refractivity (Wildman–Crippen MR) is 60.6 cm³/mol. The summed E-state index contributed by atoms with van der Waals surface area (Å²) in [6, 6.07) is 5.89. The molecule has 0 aliphatic heterocycles. The number of aryl methyl sites for hydroxylation is 1. The summed E-state index contributed by atoms with van der Waals surface area (Å²) < 4.78 is 3.33. The maximum Gasteiger partial charge on any atom is 0.236 e. The van der Waals surface area contributed by atoms with Gasteiger partial charge in [0, 0.05) is 18.0 Å². The molecule has 0 bridgehead atoms. The smallest absolute Gasteiger partial charge is 0.236 e. The Bertz CT molecular complexity index is 527. The topological polar surface area (TPSA) is 3.88 Å². The summed E-state index contributed by atoms with van der Waals surface area (Å²) in [7, 11) is 0. The lowest BCUT2D eigenvalue weighted by molar-refractivity contribution is -0.660. The van der Waals surface area contributed by atoms with Crippen LogP contribution in [0.15, 0.2) is 18.2 Å². The lowest BCUT2D eigenvalue weighted by Crippen LogP contribution is -3.00. The SMILES string of the molecule is C#CC[n+]1c(C)sc2ccc(Cl)cc21.[Br-]. The van der Waals surface area contributed by atoms with E-state index >= 15 is 0 Å². The number of aromatic nitrogens is 1. The number of halogens is 2. The first-order chi connectivity index (χ1) is 6.72. The van der Waals surface area contributed by atoms with Crippen molar-refractivity contribution < 1.29 is 21.5 Å². The Morgan fingerprint density at radius 3 is 2.93 bits per heavy atom. The molecule has 2 aromatic rings. The van der Waals surface area contributed by atoms with E-state index in [9.17, 15) is 0 Å². The molecule has 0 spiro atoms. The molecule has 0 atom stereocenters. The van der Waals surface area contributed by atoms with Crippen LogP contribution >= 0.6 is 22.9 Å². The second kappa shape index (κ2) is 4.98. The fraction of sp³-hybridized carbons (Fsp3) is 0.182. The standard InChI is InChI=1S/C11H9ClNS.BrH/c1-3-6-13-8(2)14-11-5-4-9(12)7-10(11)13;/h1,4-5,7H,6H2,2H3;1H/q+1;/p-1. The number of benzene rings is 1. The molecule has 0 aliphatic carbocycles. The highest BCUT2D eigenvalue weighted by Crippen LogP contribution is 2.22. The number of fused-ring (bicyclic) bond motifs is 1. The zero-order chi connectivity index (χ0) is 10.1.